The lowest BCUT2D eigenvalue weighted by molar-refractivity contribution is -0.120. The van der Waals surface area contributed by atoms with Crippen molar-refractivity contribution in [2.75, 3.05) is 0 Å². The van der Waals surface area contributed by atoms with E-state index in [0.717, 1.165) is 15.8 Å². The predicted molar refractivity (Wildman–Crippen MR) is 85.6 cm³/mol. The number of aromatic nitrogens is 4. The molecule has 1 aromatic carbocycles. The van der Waals surface area contributed by atoms with E-state index in [4.69, 9.17) is 5.73 Å². The van der Waals surface area contributed by atoms with E-state index in [-0.39, 0.29) is 11.9 Å². The lowest BCUT2D eigenvalue weighted by atomic mass is 10.2. The zero-order valence-corrected chi connectivity index (χ0v) is 12.8. The SMILES string of the molecule is Cc1ccccc1-n1ncc2c(=O)n(CC(=O)NC(N)=O)cnc21. The van der Waals surface area contributed by atoms with Crippen LogP contribution in [0.1, 0.15) is 5.56 Å². The van der Waals surface area contributed by atoms with Crippen molar-refractivity contribution in [1.29, 1.82) is 0 Å². The molecule has 9 nitrogen and oxygen atoms in total. The summed E-state index contributed by atoms with van der Waals surface area (Å²) in [6.07, 6.45) is 2.64. The molecule has 0 fully saturated rings. The number of carbonyl (C=O) groups excluding carboxylic acids is 2. The highest BCUT2D eigenvalue weighted by Gasteiger charge is 2.14. The molecule has 0 aliphatic rings. The maximum atomic E-state index is 12.5. The molecule has 24 heavy (non-hydrogen) atoms. The first-order valence-corrected chi connectivity index (χ1v) is 7.06. The number of para-hydroxylation sites is 1. The number of carbonyl (C=O) groups is 2. The van der Waals surface area contributed by atoms with Gasteiger partial charge in [-0.15, -0.1) is 0 Å². The molecule has 0 radical (unpaired) electrons. The van der Waals surface area contributed by atoms with Crippen molar-refractivity contribution in [3.8, 4) is 5.69 Å². The number of nitrogens with zero attached hydrogens (tertiary/aromatic N) is 4. The summed E-state index contributed by atoms with van der Waals surface area (Å²) in [6, 6.07) is 6.59. The normalized spacial score (nSPS) is 10.7. The zero-order valence-electron chi connectivity index (χ0n) is 12.8. The summed E-state index contributed by atoms with van der Waals surface area (Å²) in [5.41, 5.74) is 6.62. The minimum absolute atomic E-state index is 0.271. The van der Waals surface area contributed by atoms with Gasteiger partial charge in [0.15, 0.2) is 5.65 Å². The Kier molecular flexibility index (Phi) is 3.82. The Morgan fingerprint density at radius 2 is 2.04 bits per heavy atom. The Bertz CT molecular complexity index is 1000. The molecule has 0 saturated heterocycles. The molecule has 3 N–H and O–H groups in total. The molecule has 3 amide bonds. The van der Waals surface area contributed by atoms with E-state index < -0.39 is 17.5 Å². The quantitative estimate of drug-likeness (QED) is 0.705. The lowest BCUT2D eigenvalue weighted by Gasteiger charge is -2.07. The van der Waals surface area contributed by atoms with Crippen LogP contribution < -0.4 is 16.6 Å². The van der Waals surface area contributed by atoms with Crippen molar-refractivity contribution in [3.63, 3.8) is 0 Å². The smallest absolute Gasteiger partial charge is 0.318 e. The maximum Gasteiger partial charge on any atom is 0.318 e. The number of nitrogens with two attached hydrogens (primary N) is 1. The number of urea groups is 1. The summed E-state index contributed by atoms with van der Waals surface area (Å²) in [6.45, 7) is 1.57. The number of nitrogens with one attached hydrogen (secondary N) is 1. The summed E-state index contributed by atoms with van der Waals surface area (Å²) in [7, 11) is 0. The Morgan fingerprint density at radius 3 is 2.75 bits per heavy atom. The summed E-state index contributed by atoms with van der Waals surface area (Å²) in [5, 5.41) is 6.39. The highest BCUT2D eigenvalue weighted by molar-refractivity contribution is 5.93. The molecule has 122 valence electrons. The predicted octanol–water partition coefficient (Wildman–Crippen LogP) is 0.0855. The minimum atomic E-state index is -0.977. The summed E-state index contributed by atoms with van der Waals surface area (Å²) < 4.78 is 2.66. The average molecular weight is 326 g/mol. The molecule has 3 aromatic rings. The average Bonchev–Trinajstić information content (AvgIpc) is 2.94. The van der Waals surface area contributed by atoms with Crippen molar-refractivity contribution < 1.29 is 9.59 Å². The first kappa shape index (κ1) is 15.4. The third-order valence-corrected chi connectivity index (χ3v) is 3.47. The fraction of sp³-hybridized carbons (Fsp3) is 0.133. The number of aryl methyl sites for hydroxylation is 1. The van der Waals surface area contributed by atoms with Gasteiger partial charge in [-0.05, 0) is 18.6 Å². The molecule has 0 aliphatic carbocycles. The number of hydrogen-bond donors (Lipinski definition) is 2. The maximum absolute atomic E-state index is 12.5. The van der Waals surface area contributed by atoms with Crippen molar-refractivity contribution in [1.82, 2.24) is 24.6 Å². The minimum Gasteiger partial charge on any atom is -0.351 e. The number of amides is 3. The van der Waals surface area contributed by atoms with Crippen LogP contribution in [0.25, 0.3) is 16.7 Å². The molecule has 2 aromatic heterocycles. The summed E-state index contributed by atoms with van der Waals surface area (Å²) in [4.78, 5) is 38.9. The first-order valence-electron chi connectivity index (χ1n) is 7.06. The topological polar surface area (TPSA) is 125 Å². The second kappa shape index (κ2) is 5.95. The molecule has 0 spiro atoms. The van der Waals surface area contributed by atoms with Crippen LogP contribution in [0.2, 0.25) is 0 Å². The molecule has 0 aliphatic heterocycles. The largest absolute Gasteiger partial charge is 0.351 e. The molecular weight excluding hydrogens is 312 g/mol. The van der Waals surface area contributed by atoms with Crippen LogP contribution >= 0.6 is 0 Å². The molecule has 3 rings (SSSR count). The standard InChI is InChI=1S/C15H14N6O3/c1-9-4-2-3-5-11(9)21-13-10(6-18-21)14(23)20(8-17-13)7-12(22)19-15(16)24/h2-6,8H,7H2,1H3,(H3,16,19,22,24). The molecule has 0 atom stereocenters. The van der Waals surface area contributed by atoms with E-state index in [1.165, 1.54) is 12.5 Å². The van der Waals surface area contributed by atoms with E-state index in [9.17, 15) is 14.4 Å². The number of fused-ring (bicyclic) bond motifs is 1. The van der Waals surface area contributed by atoms with Gasteiger partial charge in [0, 0.05) is 0 Å². The monoisotopic (exact) mass is 326 g/mol. The van der Waals surface area contributed by atoms with Gasteiger partial charge in [-0.3, -0.25) is 19.5 Å². The van der Waals surface area contributed by atoms with E-state index in [1.54, 1.807) is 4.68 Å². The van der Waals surface area contributed by atoms with Crippen molar-refractivity contribution in [2.24, 2.45) is 5.73 Å². The van der Waals surface area contributed by atoms with E-state index in [1.807, 2.05) is 36.5 Å². The van der Waals surface area contributed by atoms with Gasteiger partial charge in [-0.2, -0.15) is 5.10 Å². The second-order valence-electron chi connectivity index (χ2n) is 5.17. The zero-order chi connectivity index (χ0) is 17.3. The second-order valence-corrected chi connectivity index (χ2v) is 5.17. The molecule has 0 saturated carbocycles. The van der Waals surface area contributed by atoms with Crippen LogP contribution in [0.4, 0.5) is 4.79 Å². The van der Waals surface area contributed by atoms with Crippen molar-refractivity contribution in [3.05, 3.63) is 52.7 Å². The van der Waals surface area contributed by atoms with Crippen LogP contribution in [0.3, 0.4) is 0 Å². The van der Waals surface area contributed by atoms with Crippen molar-refractivity contribution >= 4 is 23.0 Å². The third-order valence-electron chi connectivity index (χ3n) is 3.47. The van der Waals surface area contributed by atoms with Gasteiger partial charge in [0.2, 0.25) is 5.91 Å². The van der Waals surface area contributed by atoms with E-state index in [2.05, 4.69) is 10.1 Å². The highest BCUT2D eigenvalue weighted by atomic mass is 16.2. The molecular formula is C15H14N6O3. The number of benzene rings is 1. The van der Waals surface area contributed by atoms with Gasteiger partial charge < -0.3 is 5.73 Å². The lowest BCUT2D eigenvalue weighted by Crippen LogP contribution is -2.39. The Balaban J connectivity index is 2.03. The van der Waals surface area contributed by atoms with Crippen molar-refractivity contribution in [2.45, 2.75) is 13.5 Å². The summed E-state index contributed by atoms with van der Waals surface area (Å²) >= 11 is 0. The number of rotatable bonds is 3. The van der Waals surface area contributed by atoms with Gasteiger partial charge in [-0.25, -0.2) is 14.5 Å². The third kappa shape index (κ3) is 2.74. The Morgan fingerprint density at radius 1 is 1.29 bits per heavy atom. The van der Waals surface area contributed by atoms with Gasteiger partial charge in [0.05, 0.1) is 11.9 Å². The van der Waals surface area contributed by atoms with Crippen LogP contribution in [0, 0.1) is 6.92 Å². The number of hydrogen-bond acceptors (Lipinski definition) is 5. The van der Waals surface area contributed by atoms with E-state index in [0.29, 0.717) is 5.65 Å². The van der Waals surface area contributed by atoms with E-state index >= 15 is 0 Å². The van der Waals surface area contributed by atoms with Crippen LogP contribution in [0.5, 0.6) is 0 Å². The number of imide groups is 1. The Hall–Kier alpha value is -3.49. The fourth-order valence-electron chi connectivity index (χ4n) is 2.37. The van der Waals surface area contributed by atoms with Crippen LogP contribution in [-0.4, -0.2) is 31.3 Å². The molecule has 0 bridgehead atoms. The van der Waals surface area contributed by atoms with Gasteiger partial charge in [0.25, 0.3) is 5.56 Å². The summed E-state index contributed by atoms with van der Waals surface area (Å²) in [5.74, 6) is -0.697. The Labute approximate surface area is 135 Å². The molecule has 0 unspecified atom stereocenters. The van der Waals surface area contributed by atoms with Gasteiger partial charge in [0.1, 0.15) is 18.3 Å². The van der Waals surface area contributed by atoms with Crippen LogP contribution in [0.15, 0.2) is 41.6 Å². The van der Waals surface area contributed by atoms with Gasteiger partial charge >= 0.3 is 6.03 Å². The highest BCUT2D eigenvalue weighted by Crippen LogP contribution is 2.16. The molecule has 9 heteroatoms. The van der Waals surface area contributed by atoms with Crippen LogP contribution in [-0.2, 0) is 11.3 Å². The molecule has 2 heterocycles. The first-order chi connectivity index (χ1) is 11.5. The fourth-order valence-corrected chi connectivity index (χ4v) is 2.37. The number of primary amides is 1. The van der Waals surface area contributed by atoms with Gasteiger partial charge in [-0.1, -0.05) is 18.2 Å².